The van der Waals surface area contributed by atoms with Gasteiger partial charge < -0.3 is 10.3 Å². The Labute approximate surface area is 180 Å². The van der Waals surface area contributed by atoms with Crippen LogP contribution >= 0.6 is 0 Å². The zero-order valence-electron chi connectivity index (χ0n) is 17.9. The molecule has 2 N–H and O–H groups in total. The topological polar surface area (TPSA) is 78.8 Å². The van der Waals surface area contributed by atoms with Gasteiger partial charge in [0.15, 0.2) is 0 Å². The second-order valence-corrected chi connectivity index (χ2v) is 9.13. The standard InChI is InChI=1S/C24H24N6O/c1-24(2)20-9-14(4-5-16(20)23(31)28-24)18-11-26-22-17(18)8-15(10-25-22)19-12-27-30-7-6-29(3)13-21(19)30/h4-5,8-12H,6-7,13H2,1-3H3,(H,25,26)(H,28,31). The maximum atomic E-state index is 12.3. The van der Waals surface area contributed by atoms with Crippen LogP contribution in [-0.4, -0.2) is 44.1 Å². The minimum atomic E-state index is -0.374. The molecule has 5 heterocycles. The van der Waals surface area contributed by atoms with Crippen LogP contribution in [0.2, 0.25) is 0 Å². The minimum absolute atomic E-state index is 0.00891. The molecule has 1 aromatic carbocycles. The van der Waals surface area contributed by atoms with Crippen LogP contribution in [0.25, 0.3) is 33.3 Å². The quantitative estimate of drug-likeness (QED) is 0.528. The van der Waals surface area contributed by atoms with Gasteiger partial charge in [-0.3, -0.25) is 14.4 Å². The number of hydrogen-bond donors (Lipinski definition) is 2. The smallest absolute Gasteiger partial charge is 0.252 e. The molecule has 0 spiro atoms. The molecule has 4 aromatic rings. The zero-order chi connectivity index (χ0) is 21.3. The summed E-state index contributed by atoms with van der Waals surface area (Å²) >= 11 is 0. The van der Waals surface area contributed by atoms with Crippen LogP contribution in [0.15, 0.2) is 42.9 Å². The first-order valence-electron chi connectivity index (χ1n) is 10.6. The lowest BCUT2D eigenvalue weighted by atomic mass is 9.91. The lowest BCUT2D eigenvalue weighted by molar-refractivity contribution is 0.0940. The number of nitrogens with zero attached hydrogens (tertiary/aromatic N) is 4. The third-order valence-electron chi connectivity index (χ3n) is 6.58. The monoisotopic (exact) mass is 412 g/mol. The number of carbonyl (C=O) groups excluding carboxylic acids is 1. The summed E-state index contributed by atoms with van der Waals surface area (Å²) < 4.78 is 2.10. The molecule has 0 saturated carbocycles. The van der Waals surface area contributed by atoms with Crippen molar-refractivity contribution in [3.8, 4) is 22.3 Å². The van der Waals surface area contributed by atoms with Crippen LogP contribution in [-0.2, 0) is 18.6 Å². The largest absolute Gasteiger partial charge is 0.346 e. The molecule has 2 aliphatic rings. The molecule has 2 aliphatic heterocycles. The zero-order valence-corrected chi connectivity index (χ0v) is 17.9. The average molecular weight is 412 g/mol. The number of fused-ring (bicyclic) bond motifs is 3. The van der Waals surface area contributed by atoms with Gasteiger partial charge >= 0.3 is 0 Å². The van der Waals surface area contributed by atoms with E-state index in [1.807, 2.05) is 44.6 Å². The molecule has 31 heavy (non-hydrogen) atoms. The molecule has 0 unspecified atom stereocenters. The van der Waals surface area contributed by atoms with Crippen molar-refractivity contribution in [3.63, 3.8) is 0 Å². The van der Waals surface area contributed by atoms with Crippen LogP contribution in [0.5, 0.6) is 0 Å². The van der Waals surface area contributed by atoms with Crippen molar-refractivity contribution >= 4 is 16.9 Å². The summed E-state index contributed by atoms with van der Waals surface area (Å²) in [6.45, 7) is 6.88. The van der Waals surface area contributed by atoms with Gasteiger partial charge in [0.25, 0.3) is 5.91 Å². The lowest BCUT2D eigenvalue weighted by Gasteiger charge is -2.24. The molecular weight excluding hydrogens is 388 g/mol. The first-order valence-corrected chi connectivity index (χ1v) is 10.6. The highest BCUT2D eigenvalue weighted by Gasteiger charge is 2.35. The molecule has 7 nitrogen and oxygen atoms in total. The van der Waals surface area contributed by atoms with E-state index in [2.05, 4.69) is 44.2 Å². The van der Waals surface area contributed by atoms with Gasteiger partial charge in [-0.2, -0.15) is 5.10 Å². The summed E-state index contributed by atoms with van der Waals surface area (Å²) in [6, 6.07) is 8.27. The number of hydrogen-bond acceptors (Lipinski definition) is 4. The van der Waals surface area contributed by atoms with Gasteiger partial charge in [-0.05, 0) is 50.2 Å². The molecule has 0 aliphatic carbocycles. The Morgan fingerprint density at radius 1 is 1.03 bits per heavy atom. The van der Waals surface area contributed by atoms with E-state index in [-0.39, 0.29) is 11.4 Å². The summed E-state index contributed by atoms with van der Waals surface area (Å²) in [5.74, 6) is -0.00891. The van der Waals surface area contributed by atoms with Crippen molar-refractivity contribution < 1.29 is 4.79 Å². The molecule has 3 aromatic heterocycles. The van der Waals surface area contributed by atoms with Gasteiger partial charge in [0.2, 0.25) is 0 Å². The van der Waals surface area contributed by atoms with Crippen molar-refractivity contribution in [2.75, 3.05) is 13.6 Å². The molecule has 0 saturated heterocycles. The average Bonchev–Trinajstić information content (AvgIpc) is 3.41. The third kappa shape index (κ3) is 2.73. The van der Waals surface area contributed by atoms with Crippen molar-refractivity contribution in [1.82, 2.24) is 30.0 Å². The number of likely N-dealkylation sites (N-methyl/N-ethyl adjacent to an activating group) is 1. The maximum absolute atomic E-state index is 12.3. The molecule has 6 rings (SSSR count). The fourth-order valence-corrected chi connectivity index (χ4v) is 4.85. The van der Waals surface area contributed by atoms with Gasteiger partial charge in [-0.25, -0.2) is 4.98 Å². The summed E-state index contributed by atoms with van der Waals surface area (Å²) in [6.07, 6.45) is 5.88. The number of carbonyl (C=O) groups is 1. The van der Waals surface area contributed by atoms with Gasteiger partial charge in [0.05, 0.1) is 24.0 Å². The van der Waals surface area contributed by atoms with E-state index in [1.54, 1.807) is 0 Å². The van der Waals surface area contributed by atoms with Gasteiger partial charge in [0.1, 0.15) is 5.65 Å². The molecule has 7 heteroatoms. The van der Waals surface area contributed by atoms with Crippen LogP contribution in [0.1, 0.15) is 35.5 Å². The Morgan fingerprint density at radius 3 is 2.77 bits per heavy atom. The molecule has 0 fully saturated rings. The number of benzene rings is 1. The van der Waals surface area contributed by atoms with Crippen molar-refractivity contribution in [3.05, 3.63) is 59.7 Å². The van der Waals surface area contributed by atoms with Crippen LogP contribution in [0, 0.1) is 0 Å². The number of pyridine rings is 1. The normalized spacial score (nSPS) is 17.6. The van der Waals surface area contributed by atoms with Gasteiger partial charge in [0, 0.05) is 53.1 Å². The molecule has 0 bridgehead atoms. The number of amides is 1. The number of aromatic nitrogens is 4. The van der Waals surface area contributed by atoms with E-state index in [0.29, 0.717) is 0 Å². The Kier molecular flexibility index (Phi) is 3.71. The molecular formula is C24H24N6O. The highest BCUT2D eigenvalue weighted by molar-refractivity contribution is 6.02. The van der Waals surface area contributed by atoms with Crippen LogP contribution in [0.3, 0.4) is 0 Å². The number of H-pyrrole nitrogens is 1. The molecule has 0 atom stereocenters. The first kappa shape index (κ1) is 18.3. The van der Waals surface area contributed by atoms with E-state index >= 15 is 0 Å². The number of rotatable bonds is 2. The SMILES string of the molecule is CN1CCn2ncc(-c3cnc4[nH]cc(-c5ccc6c(c5)C(C)(C)NC6=O)c4c3)c2C1. The summed E-state index contributed by atoms with van der Waals surface area (Å²) in [5.41, 5.74) is 7.86. The van der Waals surface area contributed by atoms with Crippen LogP contribution < -0.4 is 5.32 Å². The highest BCUT2D eigenvalue weighted by Crippen LogP contribution is 2.37. The Bertz CT molecular complexity index is 1360. The third-order valence-corrected chi connectivity index (χ3v) is 6.58. The minimum Gasteiger partial charge on any atom is -0.346 e. The van der Waals surface area contributed by atoms with Gasteiger partial charge in [-0.1, -0.05) is 6.07 Å². The second kappa shape index (κ2) is 6.28. The predicted molar refractivity (Wildman–Crippen MR) is 120 cm³/mol. The fraction of sp³-hybridized carbons (Fsp3) is 0.292. The van der Waals surface area contributed by atoms with E-state index in [9.17, 15) is 4.79 Å². The van der Waals surface area contributed by atoms with E-state index < -0.39 is 0 Å². The molecule has 1 amide bonds. The van der Waals surface area contributed by atoms with Crippen molar-refractivity contribution in [2.45, 2.75) is 32.5 Å². The number of aromatic amines is 1. The Morgan fingerprint density at radius 2 is 1.90 bits per heavy atom. The lowest BCUT2D eigenvalue weighted by Crippen LogP contribution is -2.32. The molecule has 156 valence electrons. The number of nitrogens with one attached hydrogen (secondary N) is 2. The highest BCUT2D eigenvalue weighted by atomic mass is 16.2. The fourth-order valence-electron chi connectivity index (χ4n) is 4.85. The maximum Gasteiger partial charge on any atom is 0.252 e. The Balaban J connectivity index is 1.48. The Hall–Kier alpha value is -3.45. The summed E-state index contributed by atoms with van der Waals surface area (Å²) in [4.78, 5) is 22.6. The van der Waals surface area contributed by atoms with E-state index in [0.717, 1.165) is 64.0 Å². The summed E-state index contributed by atoms with van der Waals surface area (Å²) in [5, 5.41) is 8.72. The van der Waals surface area contributed by atoms with Crippen molar-refractivity contribution in [2.24, 2.45) is 0 Å². The van der Waals surface area contributed by atoms with E-state index in [1.165, 1.54) is 5.69 Å². The first-order chi connectivity index (χ1) is 14.9. The molecule has 0 radical (unpaired) electrons. The predicted octanol–water partition coefficient (Wildman–Crippen LogP) is 3.52. The van der Waals surface area contributed by atoms with Crippen molar-refractivity contribution in [1.29, 1.82) is 0 Å². The second-order valence-electron chi connectivity index (χ2n) is 9.13. The summed E-state index contributed by atoms with van der Waals surface area (Å²) in [7, 11) is 2.14. The van der Waals surface area contributed by atoms with E-state index in [4.69, 9.17) is 4.98 Å². The van der Waals surface area contributed by atoms with Gasteiger partial charge in [-0.15, -0.1) is 0 Å². The van der Waals surface area contributed by atoms with Crippen LogP contribution in [0.4, 0.5) is 0 Å².